The van der Waals surface area contributed by atoms with Crippen LogP contribution in [0.2, 0.25) is 0 Å². The first kappa shape index (κ1) is 14.6. The SMILES string of the molecule is CCCCCCN1C(F)C(F)(F)N(F)C1(F)F. The van der Waals surface area contributed by atoms with Crippen molar-refractivity contribution in [2.24, 2.45) is 0 Å². The zero-order chi connectivity index (χ0) is 13.3. The van der Waals surface area contributed by atoms with Gasteiger partial charge in [-0.1, -0.05) is 26.2 Å². The highest BCUT2D eigenvalue weighted by Gasteiger charge is 2.72. The summed E-state index contributed by atoms with van der Waals surface area (Å²) in [4.78, 5) is -0.442. The maximum Gasteiger partial charge on any atom is 0.402 e. The molecule has 0 aromatic carbocycles. The van der Waals surface area contributed by atoms with E-state index in [0.717, 1.165) is 12.8 Å². The van der Waals surface area contributed by atoms with Crippen LogP contribution >= 0.6 is 0 Å². The van der Waals surface area contributed by atoms with Crippen LogP contribution in [0.3, 0.4) is 0 Å². The second kappa shape index (κ2) is 5.01. The zero-order valence-electron chi connectivity index (χ0n) is 9.28. The summed E-state index contributed by atoms with van der Waals surface area (Å²) < 4.78 is 77.1. The van der Waals surface area contributed by atoms with Gasteiger partial charge >= 0.3 is 12.2 Å². The van der Waals surface area contributed by atoms with Crippen LogP contribution in [0.5, 0.6) is 0 Å². The van der Waals surface area contributed by atoms with Gasteiger partial charge in [0.2, 0.25) is 6.30 Å². The van der Waals surface area contributed by atoms with Crippen molar-refractivity contribution < 1.29 is 26.4 Å². The molecule has 0 radical (unpaired) electrons. The normalized spacial score (nSPS) is 28.8. The molecule has 0 bridgehead atoms. The van der Waals surface area contributed by atoms with E-state index in [1.54, 1.807) is 0 Å². The van der Waals surface area contributed by atoms with Gasteiger partial charge in [0.1, 0.15) is 0 Å². The Labute approximate surface area is 95.1 Å². The summed E-state index contributed by atoms with van der Waals surface area (Å²) in [5.74, 6) is 0. The van der Waals surface area contributed by atoms with Crippen LogP contribution in [0.15, 0.2) is 0 Å². The van der Waals surface area contributed by atoms with Crippen LogP contribution in [0, 0.1) is 0 Å². The number of hydrogen-bond donors (Lipinski definition) is 0. The zero-order valence-corrected chi connectivity index (χ0v) is 9.28. The first-order chi connectivity index (χ1) is 7.76. The highest BCUT2D eigenvalue weighted by atomic mass is 19.3. The Morgan fingerprint density at radius 3 is 2.06 bits per heavy atom. The second-order valence-corrected chi connectivity index (χ2v) is 3.97. The highest BCUT2D eigenvalue weighted by molar-refractivity contribution is 4.88. The van der Waals surface area contributed by atoms with Crippen LogP contribution in [0.4, 0.5) is 26.4 Å². The molecule has 8 heteroatoms. The van der Waals surface area contributed by atoms with E-state index >= 15 is 0 Å². The Balaban J connectivity index is 2.64. The monoisotopic (exact) mass is 264 g/mol. The minimum absolute atomic E-state index is 0.119. The van der Waals surface area contributed by atoms with E-state index in [1.165, 1.54) is 0 Å². The Hall–Kier alpha value is -0.500. The molecule has 0 aromatic rings. The van der Waals surface area contributed by atoms with E-state index in [2.05, 4.69) is 0 Å². The van der Waals surface area contributed by atoms with Gasteiger partial charge in [-0.3, -0.25) is 0 Å². The molecule has 1 rings (SSSR count). The lowest BCUT2D eigenvalue weighted by Gasteiger charge is -2.23. The fourth-order valence-corrected chi connectivity index (χ4v) is 1.67. The Morgan fingerprint density at radius 1 is 1.06 bits per heavy atom. The summed E-state index contributed by atoms with van der Waals surface area (Å²) in [5.41, 5.74) is 0. The van der Waals surface area contributed by atoms with Gasteiger partial charge in [-0.05, 0) is 6.42 Å². The molecule has 2 nitrogen and oxygen atoms in total. The van der Waals surface area contributed by atoms with Crippen LogP contribution in [-0.4, -0.2) is 35.1 Å². The van der Waals surface area contributed by atoms with Crippen molar-refractivity contribution in [3.8, 4) is 0 Å². The lowest BCUT2D eigenvalue weighted by atomic mass is 10.2. The predicted molar refractivity (Wildman–Crippen MR) is 48.6 cm³/mol. The van der Waals surface area contributed by atoms with E-state index in [4.69, 9.17) is 0 Å². The van der Waals surface area contributed by atoms with Crippen molar-refractivity contribution >= 4 is 0 Å². The molecule has 0 amide bonds. The Kier molecular flexibility index (Phi) is 4.29. The average molecular weight is 264 g/mol. The lowest BCUT2D eigenvalue weighted by Crippen LogP contribution is -2.44. The van der Waals surface area contributed by atoms with Gasteiger partial charge in [0, 0.05) is 11.7 Å². The largest absolute Gasteiger partial charge is 0.402 e. The number of hydrogen-bond acceptors (Lipinski definition) is 2. The van der Waals surface area contributed by atoms with Crippen molar-refractivity contribution in [1.82, 2.24) is 10.0 Å². The van der Waals surface area contributed by atoms with Gasteiger partial charge in [-0.25, -0.2) is 4.39 Å². The van der Waals surface area contributed by atoms with Gasteiger partial charge in [0.05, 0.1) is 0 Å². The van der Waals surface area contributed by atoms with E-state index in [9.17, 15) is 26.4 Å². The summed E-state index contributed by atoms with van der Waals surface area (Å²) in [5, 5.41) is -2.01. The third-order valence-electron chi connectivity index (χ3n) is 2.66. The molecule has 102 valence electrons. The minimum Gasteiger partial charge on any atom is -0.221 e. The van der Waals surface area contributed by atoms with Crippen molar-refractivity contribution in [3.63, 3.8) is 0 Å². The van der Waals surface area contributed by atoms with E-state index < -0.39 is 35.1 Å². The lowest BCUT2D eigenvalue weighted by molar-refractivity contribution is -0.337. The van der Waals surface area contributed by atoms with Crippen LogP contribution in [0.1, 0.15) is 32.6 Å². The second-order valence-electron chi connectivity index (χ2n) is 3.97. The van der Waals surface area contributed by atoms with Crippen LogP contribution in [0.25, 0.3) is 0 Å². The number of unbranched alkanes of at least 4 members (excludes halogenated alkanes) is 3. The number of nitrogens with zero attached hydrogens (tertiary/aromatic N) is 2. The molecule has 1 saturated heterocycles. The van der Waals surface area contributed by atoms with E-state index in [-0.39, 0.29) is 6.42 Å². The van der Waals surface area contributed by atoms with Crippen molar-refractivity contribution in [1.29, 1.82) is 0 Å². The van der Waals surface area contributed by atoms with Crippen molar-refractivity contribution in [3.05, 3.63) is 0 Å². The van der Waals surface area contributed by atoms with Gasteiger partial charge in [-0.2, -0.15) is 22.5 Å². The number of rotatable bonds is 5. The molecule has 0 aliphatic carbocycles. The fourth-order valence-electron chi connectivity index (χ4n) is 1.67. The molecule has 1 fully saturated rings. The topological polar surface area (TPSA) is 6.48 Å². The molecule has 0 saturated carbocycles. The molecule has 1 unspecified atom stereocenters. The fraction of sp³-hybridized carbons (Fsp3) is 1.00. The molecular weight excluding hydrogens is 250 g/mol. The summed E-state index contributed by atoms with van der Waals surface area (Å²) in [6.45, 7) is 1.27. The molecule has 1 aliphatic heterocycles. The summed E-state index contributed by atoms with van der Waals surface area (Å²) in [7, 11) is 0. The van der Waals surface area contributed by atoms with Crippen molar-refractivity contribution in [2.75, 3.05) is 6.54 Å². The number of halogens is 6. The molecule has 0 N–H and O–H groups in total. The third-order valence-corrected chi connectivity index (χ3v) is 2.66. The van der Waals surface area contributed by atoms with Gasteiger partial charge in [0.15, 0.2) is 0 Å². The number of alkyl halides is 5. The Bertz CT molecular complexity index is 260. The highest BCUT2D eigenvalue weighted by Crippen LogP contribution is 2.47. The summed E-state index contributed by atoms with van der Waals surface area (Å²) >= 11 is 0. The van der Waals surface area contributed by atoms with Gasteiger partial charge < -0.3 is 0 Å². The molecular formula is C9H14F6N2. The summed E-state index contributed by atoms with van der Waals surface area (Å²) in [6, 6.07) is -4.81. The smallest absolute Gasteiger partial charge is 0.221 e. The van der Waals surface area contributed by atoms with Crippen LogP contribution < -0.4 is 0 Å². The van der Waals surface area contributed by atoms with Gasteiger partial charge in [-0.15, -0.1) is 4.48 Å². The standard InChI is InChI=1S/C9H14F6N2/c1-2-3-4-5-6-16-7(10)8(11,12)17(15)9(16,13)14/h7H,2-6H2,1H3. The molecule has 17 heavy (non-hydrogen) atoms. The Morgan fingerprint density at radius 2 is 1.65 bits per heavy atom. The first-order valence-electron chi connectivity index (χ1n) is 5.38. The molecule has 1 heterocycles. The van der Waals surface area contributed by atoms with Crippen molar-refractivity contribution in [2.45, 2.75) is 51.1 Å². The average Bonchev–Trinajstić information content (AvgIpc) is 2.36. The maximum absolute atomic E-state index is 13.0. The van der Waals surface area contributed by atoms with E-state index in [1.807, 2.05) is 6.92 Å². The van der Waals surface area contributed by atoms with Gasteiger partial charge in [0.25, 0.3) is 0 Å². The maximum atomic E-state index is 13.0. The molecule has 1 aliphatic rings. The molecule has 0 spiro atoms. The minimum atomic E-state index is -4.81. The quantitative estimate of drug-likeness (QED) is 0.324. The molecule has 0 aromatic heterocycles. The van der Waals surface area contributed by atoms with Crippen LogP contribution in [-0.2, 0) is 0 Å². The summed E-state index contributed by atoms with van der Waals surface area (Å²) in [6.07, 6.45) is -5.76. The molecule has 1 atom stereocenters. The first-order valence-corrected chi connectivity index (χ1v) is 5.38. The predicted octanol–water partition coefficient (Wildman–Crippen LogP) is 3.51. The van der Waals surface area contributed by atoms with E-state index in [0.29, 0.717) is 6.42 Å². The third kappa shape index (κ3) is 2.52.